The summed E-state index contributed by atoms with van der Waals surface area (Å²) in [5.74, 6) is -0.756. The van der Waals surface area contributed by atoms with Crippen molar-refractivity contribution >= 4 is 46.3 Å². The highest BCUT2D eigenvalue weighted by atomic mass is 32.2. The van der Waals surface area contributed by atoms with E-state index in [-0.39, 0.29) is 23.8 Å². The quantitative estimate of drug-likeness (QED) is 0.386. The first kappa shape index (κ1) is 14.5. The van der Waals surface area contributed by atoms with Gasteiger partial charge in [-0.1, -0.05) is 37.0 Å². The molecule has 1 aromatic carbocycles. The molecule has 0 saturated carbocycles. The molecule has 0 unspecified atom stereocenters. The molecule has 1 amide bonds. The molecule has 1 aliphatic rings. The zero-order valence-corrected chi connectivity index (χ0v) is 12.1. The van der Waals surface area contributed by atoms with Gasteiger partial charge in [-0.05, 0) is 23.8 Å². The molecule has 104 valence electrons. The van der Waals surface area contributed by atoms with E-state index in [1.165, 1.54) is 12.1 Å². The number of amides is 1. The van der Waals surface area contributed by atoms with Crippen molar-refractivity contribution < 1.29 is 19.4 Å². The third-order valence-electron chi connectivity index (χ3n) is 2.44. The number of rotatable bonds is 3. The molecule has 2 rings (SSSR count). The molecule has 0 bridgehead atoms. The molecule has 0 atom stereocenters. The number of carbonyl (C=O) groups is 2. The second-order valence-corrected chi connectivity index (χ2v) is 5.63. The molecule has 0 aromatic heterocycles. The second kappa shape index (κ2) is 6.06. The van der Waals surface area contributed by atoms with Gasteiger partial charge in [0.05, 0.1) is 4.91 Å². The Morgan fingerprint density at radius 1 is 1.55 bits per heavy atom. The minimum atomic E-state index is -0.428. The Morgan fingerprint density at radius 3 is 2.85 bits per heavy atom. The van der Waals surface area contributed by atoms with Gasteiger partial charge in [-0.2, -0.15) is 0 Å². The zero-order valence-electron chi connectivity index (χ0n) is 10.5. The largest absolute Gasteiger partial charge is 0.504 e. The highest BCUT2D eigenvalue weighted by molar-refractivity contribution is 8.26. The number of benzene rings is 1. The number of nitrogens with one attached hydrogen (secondary N) is 1. The molecule has 5 nitrogen and oxygen atoms in total. The summed E-state index contributed by atoms with van der Waals surface area (Å²) in [5.41, 5.74) is 0.612. The molecule has 1 aromatic rings. The first-order valence-corrected chi connectivity index (χ1v) is 7.00. The first-order valence-electron chi connectivity index (χ1n) is 5.78. The number of hydrogen-bond acceptors (Lipinski definition) is 6. The molecule has 20 heavy (non-hydrogen) atoms. The van der Waals surface area contributed by atoms with E-state index in [1.54, 1.807) is 19.1 Å². The van der Waals surface area contributed by atoms with Crippen LogP contribution in [0.3, 0.4) is 0 Å². The summed E-state index contributed by atoms with van der Waals surface area (Å²) in [6, 6.07) is 4.53. The summed E-state index contributed by atoms with van der Waals surface area (Å²) in [6.45, 7) is 1.66. The van der Waals surface area contributed by atoms with E-state index in [2.05, 4.69) is 5.32 Å². The standard InChI is InChI=1S/C13H11NO4S2/c1-2-11(16)18-9-4-3-7(5-8(9)15)6-10-12(17)14-13(19)20-10/h3-6,15H,2H2,1H3,(H,14,17,19)/b10-6+. The molecule has 1 fully saturated rings. The molecular formula is C13H11NO4S2. The van der Waals surface area contributed by atoms with E-state index in [0.717, 1.165) is 11.8 Å². The van der Waals surface area contributed by atoms with Crippen LogP contribution in [0.25, 0.3) is 6.08 Å². The zero-order chi connectivity index (χ0) is 14.7. The van der Waals surface area contributed by atoms with Crippen LogP contribution in [-0.2, 0) is 9.59 Å². The van der Waals surface area contributed by atoms with Gasteiger partial charge in [0, 0.05) is 6.42 Å². The van der Waals surface area contributed by atoms with E-state index in [4.69, 9.17) is 17.0 Å². The monoisotopic (exact) mass is 309 g/mol. The Hall–Kier alpha value is -1.86. The van der Waals surface area contributed by atoms with Gasteiger partial charge in [-0.3, -0.25) is 9.59 Å². The van der Waals surface area contributed by atoms with Crippen LogP contribution < -0.4 is 10.1 Å². The fourth-order valence-corrected chi connectivity index (χ4v) is 2.52. The van der Waals surface area contributed by atoms with Crippen molar-refractivity contribution in [2.24, 2.45) is 0 Å². The molecule has 0 aliphatic carbocycles. The number of aromatic hydroxyl groups is 1. The number of thiocarbonyl (C=S) groups is 1. The van der Waals surface area contributed by atoms with Crippen LogP contribution in [-0.4, -0.2) is 21.3 Å². The number of ether oxygens (including phenoxy) is 1. The van der Waals surface area contributed by atoms with Crippen molar-refractivity contribution in [3.05, 3.63) is 28.7 Å². The molecule has 0 radical (unpaired) electrons. The van der Waals surface area contributed by atoms with E-state index >= 15 is 0 Å². The fraction of sp³-hybridized carbons (Fsp3) is 0.154. The van der Waals surface area contributed by atoms with Crippen molar-refractivity contribution in [1.82, 2.24) is 5.32 Å². The Kier molecular flexibility index (Phi) is 4.41. The maximum absolute atomic E-state index is 11.5. The van der Waals surface area contributed by atoms with Crippen LogP contribution in [0.2, 0.25) is 0 Å². The maximum Gasteiger partial charge on any atom is 0.311 e. The average Bonchev–Trinajstić information content (AvgIpc) is 2.71. The van der Waals surface area contributed by atoms with Gasteiger partial charge in [0.25, 0.3) is 5.91 Å². The highest BCUT2D eigenvalue weighted by Gasteiger charge is 2.22. The molecule has 7 heteroatoms. The van der Waals surface area contributed by atoms with Crippen LogP contribution in [0.15, 0.2) is 23.1 Å². The summed E-state index contributed by atoms with van der Waals surface area (Å²) in [5, 5.41) is 12.3. The van der Waals surface area contributed by atoms with Gasteiger partial charge in [-0.25, -0.2) is 0 Å². The van der Waals surface area contributed by atoms with Gasteiger partial charge in [0.15, 0.2) is 11.5 Å². The highest BCUT2D eigenvalue weighted by Crippen LogP contribution is 2.30. The topological polar surface area (TPSA) is 75.6 Å². The number of phenolic OH excluding ortho intramolecular Hbond substituents is 1. The number of hydrogen-bond donors (Lipinski definition) is 2. The predicted octanol–water partition coefficient (Wildman–Crippen LogP) is 2.20. The van der Waals surface area contributed by atoms with Gasteiger partial charge >= 0.3 is 5.97 Å². The van der Waals surface area contributed by atoms with Crippen LogP contribution in [0.4, 0.5) is 0 Å². The number of phenols is 1. The molecular weight excluding hydrogens is 298 g/mol. The van der Waals surface area contributed by atoms with Crippen LogP contribution >= 0.6 is 24.0 Å². The van der Waals surface area contributed by atoms with Crippen LogP contribution in [0.5, 0.6) is 11.5 Å². The van der Waals surface area contributed by atoms with Crippen molar-refractivity contribution in [2.45, 2.75) is 13.3 Å². The van der Waals surface area contributed by atoms with Crippen LogP contribution in [0.1, 0.15) is 18.9 Å². The number of esters is 1. The molecule has 1 aliphatic heterocycles. The van der Waals surface area contributed by atoms with Crippen molar-refractivity contribution in [1.29, 1.82) is 0 Å². The fourth-order valence-electron chi connectivity index (χ4n) is 1.48. The lowest BCUT2D eigenvalue weighted by molar-refractivity contribution is -0.134. The van der Waals surface area contributed by atoms with Crippen molar-refractivity contribution in [3.63, 3.8) is 0 Å². The summed E-state index contributed by atoms with van der Waals surface area (Å²) in [6.07, 6.45) is 1.82. The Balaban J connectivity index is 2.21. The van der Waals surface area contributed by atoms with Gasteiger partial charge in [-0.15, -0.1) is 0 Å². The molecule has 1 heterocycles. The number of carbonyl (C=O) groups excluding carboxylic acids is 2. The number of thioether (sulfide) groups is 1. The smallest absolute Gasteiger partial charge is 0.311 e. The molecule has 1 saturated heterocycles. The maximum atomic E-state index is 11.5. The summed E-state index contributed by atoms with van der Waals surface area (Å²) in [4.78, 5) is 23.1. The Morgan fingerprint density at radius 2 is 2.30 bits per heavy atom. The van der Waals surface area contributed by atoms with Gasteiger partial charge < -0.3 is 15.2 Å². The van der Waals surface area contributed by atoms with E-state index in [1.807, 2.05) is 0 Å². The minimum absolute atomic E-state index is 0.0954. The Labute approximate surface area is 125 Å². The van der Waals surface area contributed by atoms with Gasteiger partial charge in [0.2, 0.25) is 0 Å². The van der Waals surface area contributed by atoms with Gasteiger partial charge in [0.1, 0.15) is 4.32 Å². The minimum Gasteiger partial charge on any atom is -0.504 e. The normalized spacial score (nSPS) is 16.4. The third kappa shape index (κ3) is 3.37. The van der Waals surface area contributed by atoms with E-state index in [0.29, 0.717) is 14.8 Å². The summed E-state index contributed by atoms with van der Waals surface area (Å²) >= 11 is 6.04. The predicted molar refractivity (Wildman–Crippen MR) is 80.3 cm³/mol. The lowest BCUT2D eigenvalue weighted by atomic mass is 10.2. The molecule has 0 spiro atoms. The average molecular weight is 309 g/mol. The summed E-state index contributed by atoms with van der Waals surface area (Å²) in [7, 11) is 0. The van der Waals surface area contributed by atoms with E-state index < -0.39 is 5.97 Å². The van der Waals surface area contributed by atoms with E-state index in [9.17, 15) is 14.7 Å². The lowest BCUT2D eigenvalue weighted by Gasteiger charge is -2.05. The van der Waals surface area contributed by atoms with Crippen molar-refractivity contribution in [2.75, 3.05) is 0 Å². The summed E-state index contributed by atoms with van der Waals surface area (Å²) < 4.78 is 5.34. The van der Waals surface area contributed by atoms with Crippen LogP contribution in [0, 0.1) is 0 Å². The Bertz CT molecular complexity index is 625. The molecule has 2 N–H and O–H groups in total. The lowest BCUT2D eigenvalue weighted by Crippen LogP contribution is -2.17. The first-order chi connectivity index (χ1) is 9.49. The van der Waals surface area contributed by atoms with Crippen molar-refractivity contribution in [3.8, 4) is 11.5 Å². The second-order valence-electron chi connectivity index (χ2n) is 3.91. The SMILES string of the molecule is CCC(=O)Oc1ccc(/C=C2/SC(=S)NC2=O)cc1O. The third-order valence-corrected chi connectivity index (χ3v) is 3.60.